The van der Waals surface area contributed by atoms with Gasteiger partial charge in [0, 0.05) is 16.7 Å². The van der Waals surface area contributed by atoms with Gasteiger partial charge in [0.2, 0.25) is 0 Å². The molecule has 3 rings (SSSR count). The fourth-order valence-electron chi connectivity index (χ4n) is 3.13. The number of aromatic hydroxyl groups is 2. The van der Waals surface area contributed by atoms with Crippen molar-refractivity contribution in [2.75, 3.05) is 7.11 Å². The predicted molar refractivity (Wildman–Crippen MR) is 96.4 cm³/mol. The highest BCUT2D eigenvalue weighted by molar-refractivity contribution is 9.10. The number of ether oxygens (including phenoxy) is 1. The molecule has 0 aromatic heterocycles. The second kappa shape index (κ2) is 5.78. The smallest absolute Gasteiger partial charge is 0.138 e. The van der Waals surface area contributed by atoms with E-state index in [9.17, 15) is 10.2 Å². The minimum atomic E-state index is 0.105. The van der Waals surface area contributed by atoms with Crippen molar-refractivity contribution in [3.05, 3.63) is 52.0 Å². The van der Waals surface area contributed by atoms with Crippen LogP contribution in [-0.4, -0.2) is 17.3 Å². The van der Waals surface area contributed by atoms with Crippen LogP contribution in [-0.2, 0) is 0 Å². The molecular weight excluding hydrogens is 356 g/mol. The lowest BCUT2D eigenvalue weighted by molar-refractivity contribution is 0.406. The number of fused-ring (bicyclic) bond motifs is 1. The van der Waals surface area contributed by atoms with Gasteiger partial charge < -0.3 is 14.9 Å². The quantitative estimate of drug-likeness (QED) is 0.640. The average molecular weight is 373 g/mol. The topological polar surface area (TPSA) is 49.7 Å². The first-order valence-corrected chi connectivity index (χ1v) is 8.02. The zero-order chi connectivity index (χ0) is 16.7. The Hall–Kier alpha value is -2.20. The van der Waals surface area contributed by atoms with Crippen molar-refractivity contribution >= 4 is 26.7 Å². The fourth-order valence-corrected chi connectivity index (χ4v) is 3.57. The summed E-state index contributed by atoms with van der Waals surface area (Å²) >= 11 is 3.40. The number of hydrogen-bond acceptors (Lipinski definition) is 3. The highest BCUT2D eigenvalue weighted by atomic mass is 79.9. The van der Waals surface area contributed by atoms with Crippen LogP contribution in [0.5, 0.6) is 17.2 Å². The molecule has 4 heteroatoms. The van der Waals surface area contributed by atoms with Crippen molar-refractivity contribution < 1.29 is 14.9 Å². The molecule has 3 aromatic carbocycles. The van der Waals surface area contributed by atoms with E-state index in [1.165, 1.54) is 0 Å². The van der Waals surface area contributed by atoms with Gasteiger partial charge in [-0.05, 0) is 58.2 Å². The summed E-state index contributed by atoms with van der Waals surface area (Å²) in [6.45, 7) is 3.77. The number of halogens is 1. The zero-order valence-corrected chi connectivity index (χ0v) is 14.7. The molecule has 0 spiro atoms. The van der Waals surface area contributed by atoms with Crippen LogP contribution in [0.1, 0.15) is 11.1 Å². The molecule has 118 valence electrons. The van der Waals surface area contributed by atoms with Gasteiger partial charge in [0.15, 0.2) is 0 Å². The van der Waals surface area contributed by atoms with Crippen molar-refractivity contribution in [3.63, 3.8) is 0 Å². The fraction of sp³-hybridized carbons (Fsp3) is 0.158. The van der Waals surface area contributed by atoms with E-state index in [0.29, 0.717) is 21.3 Å². The van der Waals surface area contributed by atoms with Crippen LogP contribution < -0.4 is 4.74 Å². The van der Waals surface area contributed by atoms with Crippen molar-refractivity contribution in [1.82, 2.24) is 0 Å². The van der Waals surface area contributed by atoms with Crippen molar-refractivity contribution in [3.8, 4) is 28.4 Å². The molecule has 3 aromatic rings. The Morgan fingerprint density at radius 1 is 1.00 bits per heavy atom. The summed E-state index contributed by atoms with van der Waals surface area (Å²) in [5, 5.41) is 23.0. The van der Waals surface area contributed by atoms with E-state index in [1.807, 2.05) is 44.2 Å². The van der Waals surface area contributed by atoms with Gasteiger partial charge in [0.1, 0.15) is 17.2 Å². The van der Waals surface area contributed by atoms with Crippen LogP contribution in [0.2, 0.25) is 0 Å². The molecule has 0 fully saturated rings. The molecule has 0 unspecified atom stereocenters. The second-order valence-corrected chi connectivity index (χ2v) is 6.40. The molecule has 0 bridgehead atoms. The minimum absolute atomic E-state index is 0.105. The Morgan fingerprint density at radius 3 is 2.39 bits per heavy atom. The van der Waals surface area contributed by atoms with Gasteiger partial charge in [-0.1, -0.05) is 24.3 Å². The Balaban J connectivity index is 2.49. The first kappa shape index (κ1) is 15.7. The van der Waals surface area contributed by atoms with Gasteiger partial charge in [0.25, 0.3) is 0 Å². The van der Waals surface area contributed by atoms with E-state index in [-0.39, 0.29) is 11.5 Å². The number of phenolic OH excluding ortho intramolecular Hbond substituents is 2. The normalized spacial score (nSPS) is 11.0. The number of phenols is 2. The average Bonchev–Trinajstić information content (AvgIpc) is 2.51. The van der Waals surface area contributed by atoms with Crippen LogP contribution in [0.15, 0.2) is 40.9 Å². The SMILES string of the molecule is COc1c(C)cc(O)c(-c2c(O)c(Br)cc3ccccc23)c1C. The van der Waals surface area contributed by atoms with Crippen molar-refractivity contribution in [2.45, 2.75) is 13.8 Å². The predicted octanol–water partition coefficient (Wildman–Crippen LogP) is 5.31. The standard InChI is InChI=1S/C19H17BrO3/c1-10-8-15(21)16(11(2)19(10)23-3)17-13-7-5-4-6-12(13)9-14(20)18(17)22/h4-9,21-22H,1-3H3. The first-order valence-electron chi connectivity index (χ1n) is 7.23. The maximum atomic E-state index is 10.6. The van der Waals surface area contributed by atoms with E-state index >= 15 is 0 Å². The highest BCUT2D eigenvalue weighted by Crippen LogP contribution is 2.48. The summed E-state index contributed by atoms with van der Waals surface area (Å²) in [6, 6.07) is 11.3. The molecule has 2 N–H and O–H groups in total. The molecule has 0 heterocycles. The molecule has 0 radical (unpaired) electrons. The molecule has 0 aliphatic rings. The summed E-state index contributed by atoms with van der Waals surface area (Å²) in [4.78, 5) is 0. The maximum absolute atomic E-state index is 10.6. The molecule has 0 amide bonds. The van der Waals surface area contributed by atoms with Crippen LogP contribution in [0, 0.1) is 13.8 Å². The lowest BCUT2D eigenvalue weighted by Gasteiger charge is -2.18. The third kappa shape index (κ3) is 2.43. The van der Waals surface area contributed by atoms with Gasteiger partial charge in [-0.2, -0.15) is 0 Å². The van der Waals surface area contributed by atoms with Crippen LogP contribution in [0.25, 0.3) is 21.9 Å². The van der Waals surface area contributed by atoms with Crippen molar-refractivity contribution in [1.29, 1.82) is 0 Å². The Labute approximate surface area is 143 Å². The van der Waals surface area contributed by atoms with Gasteiger partial charge >= 0.3 is 0 Å². The Bertz CT molecular complexity index is 916. The van der Waals surface area contributed by atoms with Gasteiger partial charge in [0.05, 0.1) is 11.6 Å². The number of rotatable bonds is 2. The minimum Gasteiger partial charge on any atom is -0.507 e. The molecule has 0 aliphatic heterocycles. The lowest BCUT2D eigenvalue weighted by atomic mass is 9.91. The van der Waals surface area contributed by atoms with Crippen LogP contribution >= 0.6 is 15.9 Å². The highest BCUT2D eigenvalue weighted by Gasteiger charge is 2.21. The van der Waals surface area contributed by atoms with E-state index in [2.05, 4.69) is 15.9 Å². The number of benzene rings is 3. The summed E-state index contributed by atoms with van der Waals surface area (Å²) in [7, 11) is 1.61. The van der Waals surface area contributed by atoms with Gasteiger partial charge in [-0.25, -0.2) is 0 Å². The van der Waals surface area contributed by atoms with Gasteiger partial charge in [-0.15, -0.1) is 0 Å². The zero-order valence-electron chi connectivity index (χ0n) is 13.1. The largest absolute Gasteiger partial charge is 0.507 e. The molecule has 0 aliphatic carbocycles. The van der Waals surface area contributed by atoms with Gasteiger partial charge in [-0.3, -0.25) is 0 Å². The molecule has 0 saturated carbocycles. The molecule has 0 saturated heterocycles. The summed E-state index contributed by atoms with van der Waals surface area (Å²) in [6.07, 6.45) is 0. The molecule has 0 atom stereocenters. The van der Waals surface area contributed by atoms with E-state index in [0.717, 1.165) is 21.9 Å². The van der Waals surface area contributed by atoms with Crippen molar-refractivity contribution in [2.24, 2.45) is 0 Å². The number of aryl methyl sites for hydroxylation is 1. The number of methoxy groups -OCH3 is 1. The second-order valence-electron chi connectivity index (χ2n) is 5.55. The summed E-state index contributed by atoms with van der Waals surface area (Å²) in [5.41, 5.74) is 2.83. The Morgan fingerprint density at radius 2 is 1.70 bits per heavy atom. The van der Waals surface area contributed by atoms with E-state index < -0.39 is 0 Å². The van der Waals surface area contributed by atoms with E-state index in [4.69, 9.17) is 4.74 Å². The Kier molecular flexibility index (Phi) is 3.94. The lowest BCUT2D eigenvalue weighted by Crippen LogP contribution is -1.96. The monoisotopic (exact) mass is 372 g/mol. The molecule has 3 nitrogen and oxygen atoms in total. The third-order valence-electron chi connectivity index (χ3n) is 4.11. The summed E-state index contributed by atoms with van der Waals surface area (Å²) in [5.74, 6) is 0.939. The van der Waals surface area contributed by atoms with E-state index in [1.54, 1.807) is 13.2 Å². The van der Waals surface area contributed by atoms with Crippen LogP contribution in [0.3, 0.4) is 0 Å². The molecular formula is C19H17BrO3. The molecule has 23 heavy (non-hydrogen) atoms. The summed E-state index contributed by atoms with van der Waals surface area (Å²) < 4.78 is 6.06. The number of hydrogen-bond donors (Lipinski definition) is 2. The first-order chi connectivity index (χ1) is 11.0. The maximum Gasteiger partial charge on any atom is 0.138 e. The van der Waals surface area contributed by atoms with Crippen LogP contribution in [0.4, 0.5) is 0 Å². The third-order valence-corrected chi connectivity index (χ3v) is 4.72.